The zero-order chi connectivity index (χ0) is 12.8. The van der Waals surface area contributed by atoms with Gasteiger partial charge in [-0.25, -0.2) is 0 Å². The first-order valence-electron chi connectivity index (χ1n) is 7.39. The summed E-state index contributed by atoms with van der Waals surface area (Å²) in [6, 6.07) is 0.358. The van der Waals surface area contributed by atoms with Crippen LogP contribution in [-0.2, 0) is 4.74 Å². The Morgan fingerprint density at radius 2 is 1.82 bits per heavy atom. The number of hydrogen-bond acceptors (Lipinski definition) is 2. The second kappa shape index (κ2) is 7.38. The van der Waals surface area contributed by atoms with Crippen molar-refractivity contribution < 1.29 is 4.74 Å². The molecule has 1 fully saturated rings. The molecule has 2 unspecified atom stereocenters. The molecule has 0 saturated carbocycles. The minimum atomic E-state index is 0.358. The van der Waals surface area contributed by atoms with E-state index < -0.39 is 0 Å². The van der Waals surface area contributed by atoms with Crippen LogP contribution in [0.25, 0.3) is 0 Å². The van der Waals surface area contributed by atoms with Crippen molar-refractivity contribution in [2.75, 3.05) is 6.61 Å². The summed E-state index contributed by atoms with van der Waals surface area (Å²) in [5.41, 5.74) is 6.36. The maximum atomic E-state index is 6.36. The van der Waals surface area contributed by atoms with Gasteiger partial charge in [-0.05, 0) is 49.9 Å². The van der Waals surface area contributed by atoms with Crippen molar-refractivity contribution in [1.82, 2.24) is 0 Å². The summed E-state index contributed by atoms with van der Waals surface area (Å²) < 4.78 is 5.65. The molecule has 0 aromatic heterocycles. The highest BCUT2D eigenvalue weighted by atomic mass is 16.5. The topological polar surface area (TPSA) is 35.2 Å². The molecule has 0 bridgehead atoms. The fourth-order valence-electron chi connectivity index (χ4n) is 3.40. The van der Waals surface area contributed by atoms with Crippen LogP contribution < -0.4 is 5.73 Å². The van der Waals surface area contributed by atoms with Gasteiger partial charge in [0, 0.05) is 12.6 Å². The maximum Gasteiger partial charge on any atom is 0.0576 e. The van der Waals surface area contributed by atoms with Crippen molar-refractivity contribution in [2.45, 2.75) is 71.9 Å². The van der Waals surface area contributed by atoms with E-state index in [1.165, 1.54) is 25.7 Å². The Labute approximate surface area is 107 Å². The Kier molecular flexibility index (Phi) is 6.50. The minimum absolute atomic E-state index is 0.358. The molecule has 0 spiro atoms. The summed E-state index contributed by atoms with van der Waals surface area (Å²) in [5, 5.41) is 0. The van der Waals surface area contributed by atoms with Gasteiger partial charge in [-0.3, -0.25) is 0 Å². The van der Waals surface area contributed by atoms with Crippen molar-refractivity contribution in [3.05, 3.63) is 0 Å². The third-order valence-electron chi connectivity index (χ3n) is 4.12. The second-order valence-corrected chi connectivity index (χ2v) is 6.30. The van der Waals surface area contributed by atoms with Crippen LogP contribution in [0.1, 0.15) is 59.8 Å². The minimum Gasteiger partial charge on any atom is -0.378 e. The summed E-state index contributed by atoms with van der Waals surface area (Å²) in [6.07, 6.45) is 6.61. The lowest BCUT2D eigenvalue weighted by atomic mass is 9.78. The maximum absolute atomic E-state index is 6.36. The smallest absolute Gasteiger partial charge is 0.0576 e. The summed E-state index contributed by atoms with van der Waals surface area (Å²) in [7, 11) is 0. The van der Waals surface area contributed by atoms with Crippen molar-refractivity contribution >= 4 is 0 Å². The Balaban J connectivity index is 2.24. The molecule has 0 amide bonds. The van der Waals surface area contributed by atoms with Crippen molar-refractivity contribution in [2.24, 2.45) is 23.5 Å². The molecule has 0 radical (unpaired) electrons. The van der Waals surface area contributed by atoms with Gasteiger partial charge in [0.15, 0.2) is 0 Å². The molecule has 1 aliphatic heterocycles. The molecule has 1 heterocycles. The molecular weight excluding hydrogens is 210 g/mol. The highest BCUT2D eigenvalue weighted by Crippen LogP contribution is 2.26. The Hall–Kier alpha value is -0.0800. The second-order valence-electron chi connectivity index (χ2n) is 6.30. The lowest BCUT2D eigenvalue weighted by Gasteiger charge is -2.31. The molecule has 1 aliphatic rings. The predicted octanol–water partition coefficient (Wildman–Crippen LogP) is 3.59. The third kappa shape index (κ3) is 4.97. The first kappa shape index (κ1) is 15.0. The van der Waals surface area contributed by atoms with E-state index in [1.54, 1.807) is 0 Å². The average Bonchev–Trinajstić information content (AvgIpc) is 2.69. The van der Waals surface area contributed by atoms with E-state index in [1.807, 2.05) is 0 Å². The molecule has 0 aliphatic carbocycles. The molecular formula is C15H31NO. The fourth-order valence-corrected chi connectivity index (χ4v) is 3.40. The average molecular weight is 241 g/mol. The monoisotopic (exact) mass is 241 g/mol. The van der Waals surface area contributed by atoms with E-state index in [4.69, 9.17) is 10.5 Å². The predicted molar refractivity (Wildman–Crippen MR) is 74.0 cm³/mol. The summed E-state index contributed by atoms with van der Waals surface area (Å²) in [6.45, 7) is 10.2. The van der Waals surface area contributed by atoms with Crippen LogP contribution in [0, 0.1) is 17.8 Å². The van der Waals surface area contributed by atoms with Crippen LogP contribution in [-0.4, -0.2) is 18.8 Å². The molecule has 2 nitrogen and oxygen atoms in total. The van der Waals surface area contributed by atoms with E-state index in [0.717, 1.165) is 13.0 Å². The van der Waals surface area contributed by atoms with Gasteiger partial charge in [0.25, 0.3) is 0 Å². The first-order chi connectivity index (χ1) is 8.02. The largest absolute Gasteiger partial charge is 0.378 e. The molecule has 17 heavy (non-hydrogen) atoms. The van der Waals surface area contributed by atoms with Gasteiger partial charge in [-0.1, -0.05) is 27.7 Å². The molecule has 0 aromatic rings. The summed E-state index contributed by atoms with van der Waals surface area (Å²) in [5.74, 6) is 2.03. The molecule has 2 heteroatoms. The van der Waals surface area contributed by atoms with E-state index >= 15 is 0 Å². The van der Waals surface area contributed by atoms with Gasteiger partial charge in [0.05, 0.1) is 6.10 Å². The van der Waals surface area contributed by atoms with Crippen LogP contribution >= 0.6 is 0 Å². The molecule has 102 valence electrons. The molecule has 1 saturated heterocycles. The van der Waals surface area contributed by atoms with Crippen molar-refractivity contribution in [1.29, 1.82) is 0 Å². The first-order valence-corrected chi connectivity index (χ1v) is 7.39. The van der Waals surface area contributed by atoms with Crippen LogP contribution in [0.2, 0.25) is 0 Å². The summed E-state index contributed by atoms with van der Waals surface area (Å²) >= 11 is 0. The van der Waals surface area contributed by atoms with E-state index in [2.05, 4.69) is 27.7 Å². The zero-order valence-electron chi connectivity index (χ0n) is 12.1. The highest BCUT2D eigenvalue weighted by Gasteiger charge is 2.24. The lowest BCUT2D eigenvalue weighted by molar-refractivity contribution is 0.0998. The quantitative estimate of drug-likeness (QED) is 0.739. The van der Waals surface area contributed by atoms with Gasteiger partial charge in [-0.15, -0.1) is 0 Å². The van der Waals surface area contributed by atoms with E-state index in [-0.39, 0.29) is 0 Å². The number of hydrogen-bond donors (Lipinski definition) is 1. The Morgan fingerprint density at radius 1 is 1.18 bits per heavy atom. The fraction of sp³-hybridized carbons (Fsp3) is 1.00. The van der Waals surface area contributed by atoms with Crippen molar-refractivity contribution in [3.8, 4) is 0 Å². The van der Waals surface area contributed by atoms with Gasteiger partial charge in [0.2, 0.25) is 0 Å². The van der Waals surface area contributed by atoms with E-state index in [9.17, 15) is 0 Å². The third-order valence-corrected chi connectivity index (χ3v) is 4.12. The summed E-state index contributed by atoms with van der Waals surface area (Å²) in [4.78, 5) is 0. The number of nitrogens with two attached hydrogens (primary N) is 1. The molecule has 2 atom stereocenters. The number of rotatable bonds is 7. The normalized spacial score (nSPS) is 22.9. The zero-order valence-corrected chi connectivity index (χ0v) is 12.1. The lowest BCUT2D eigenvalue weighted by Crippen LogP contribution is -2.36. The standard InChI is InChI=1S/C15H31NO/c1-11(2)15(12(3)4)14(16)9-5-7-13-8-6-10-17-13/h11-15H,5-10,16H2,1-4H3. The van der Waals surface area contributed by atoms with Gasteiger partial charge in [0.1, 0.15) is 0 Å². The Bertz CT molecular complexity index is 189. The molecule has 0 aromatic carbocycles. The Morgan fingerprint density at radius 3 is 2.29 bits per heavy atom. The van der Waals surface area contributed by atoms with Crippen LogP contribution in [0.5, 0.6) is 0 Å². The molecule has 2 N–H and O–H groups in total. The van der Waals surface area contributed by atoms with Crippen molar-refractivity contribution in [3.63, 3.8) is 0 Å². The van der Waals surface area contributed by atoms with Crippen LogP contribution in [0.3, 0.4) is 0 Å². The number of ether oxygens (including phenoxy) is 1. The van der Waals surface area contributed by atoms with Gasteiger partial charge >= 0.3 is 0 Å². The SMILES string of the molecule is CC(C)C(C(C)C)C(N)CCCC1CCCO1. The van der Waals surface area contributed by atoms with E-state index in [0.29, 0.717) is 29.9 Å². The van der Waals surface area contributed by atoms with Gasteiger partial charge in [-0.2, -0.15) is 0 Å². The van der Waals surface area contributed by atoms with Crippen LogP contribution in [0.4, 0.5) is 0 Å². The molecule has 1 rings (SSSR count). The van der Waals surface area contributed by atoms with Gasteiger partial charge < -0.3 is 10.5 Å². The van der Waals surface area contributed by atoms with Crippen LogP contribution in [0.15, 0.2) is 0 Å². The highest BCUT2D eigenvalue weighted by molar-refractivity contribution is 4.79.